The van der Waals surface area contributed by atoms with E-state index in [2.05, 4.69) is 39.3 Å². The Bertz CT molecular complexity index is 445. The largest absolute Gasteiger partial charge is 0.542 e. The van der Waals surface area contributed by atoms with Gasteiger partial charge in [-0.15, -0.1) is 0 Å². The maximum absolute atomic E-state index is 6.17. The molecule has 0 aliphatic heterocycles. The van der Waals surface area contributed by atoms with Crippen LogP contribution in [0.15, 0.2) is 12.1 Å². The molecule has 1 rings (SSSR count). The molecule has 3 nitrogen and oxygen atoms in total. The summed E-state index contributed by atoms with van der Waals surface area (Å²) in [6.45, 7) is 15.0. The van der Waals surface area contributed by atoms with Gasteiger partial charge in [-0.3, -0.25) is 0 Å². The Balaban J connectivity index is 3.29. The van der Waals surface area contributed by atoms with E-state index in [1.54, 1.807) is 7.11 Å². The van der Waals surface area contributed by atoms with Crippen LogP contribution < -0.4 is 13.6 Å². The van der Waals surface area contributed by atoms with Gasteiger partial charge in [0.2, 0.25) is 16.6 Å². The van der Waals surface area contributed by atoms with Crippen molar-refractivity contribution >= 4 is 16.6 Å². The van der Waals surface area contributed by atoms with E-state index in [0.717, 1.165) is 22.8 Å². The first-order chi connectivity index (χ1) is 8.52. The van der Waals surface area contributed by atoms with E-state index in [1.165, 1.54) is 0 Å². The Morgan fingerprint density at radius 1 is 0.789 bits per heavy atom. The van der Waals surface area contributed by atoms with Crippen LogP contribution in [0.3, 0.4) is 0 Å². The molecule has 0 unspecified atom stereocenters. The third-order valence-corrected chi connectivity index (χ3v) is 3.86. The third-order valence-electron chi connectivity index (χ3n) is 2.21. The van der Waals surface area contributed by atoms with Gasteiger partial charge in [-0.2, -0.15) is 0 Å². The Hall–Kier alpha value is -0.946. The molecule has 0 atom stereocenters. The molecule has 1 aromatic carbocycles. The van der Waals surface area contributed by atoms with E-state index in [0.29, 0.717) is 0 Å². The molecule has 0 radical (unpaired) electrons. The van der Waals surface area contributed by atoms with E-state index in [-0.39, 0.29) is 0 Å². The van der Waals surface area contributed by atoms with Crippen LogP contribution in [0.2, 0.25) is 39.3 Å². The number of benzene rings is 1. The summed E-state index contributed by atoms with van der Waals surface area (Å²) in [4.78, 5) is 0. The summed E-state index contributed by atoms with van der Waals surface area (Å²) in [6, 6.07) is 4.03. The van der Waals surface area contributed by atoms with E-state index in [9.17, 15) is 0 Å². The van der Waals surface area contributed by atoms with Crippen molar-refractivity contribution in [1.29, 1.82) is 0 Å². The van der Waals surface area contributed by atoms with Crippen LogP contribution in [0.25, 0.3) is 0 Å². The molecule has 0 aliphatic carbocycles. The maximum atomic E-state index is 6.17. The van der Waals surface area contributed by atoms with Crippen LogP contribution in [0.1, 0.15) is 5.56 Å². The lowest BCUT2D eigenvalue weighted by molar-refractivity contribution is 0.383. The standard InChI is InChI=1S/C14H26O3Si2/c1-11-9-12(15-2)14(17-19(6,7)8)13(10-11)16-18(3,4)5/h9-10H,1-8H3. The van der Waals surface area contributed by atoms with Crippen molar-refractivity contribution in [2.75, 3.05) is 7.11 Å². The molecule has 0 amide bonds. The number of hydrogen-bond acceptors (Lipinski definition) is 3. The molecule has 0 saturated carbocycles. The van der Waals surface area contributed by atoms with Crippen molar-refractivity contribution in [2.24, 2.45) is 0 Å². The summed E-state index contributed by atoms with van der Waals surface area (Å²) >= 11 is 0. The zero-order valence-corrected chi connectivity index (χ0v) is 15.4. The van der Waals surface area contributed by atoms with Gasteiger partial charge in [0, 0.05) is 0 Å². The van der Waals surface area contributed by atoms with Crippen LogP contribution in [-0.2, 0) is 0 Å². The predicted octanol–water partition coefficient (Wildman–Crippen LogP) is 4.43. The fourth-order valence-corrected chi connectivity index (χ4v) is 3.30. The lowest BCUT2D eigenvalue weighted by atomic mass is 10.2. The van der Waals surface area contributed by atoms with Crippen molar-refractivity contribution < 1.29 is 13.6 Å². The SMILES string of the molecule is COc1cc(C)cc(O[Si](C)(C)C)c1O[Si](C)(C)C. The molecule has 19 heavy (non-hydrogen) atoms. The van der Waals surface area contributed by atoms with Gasteiger partial charge in [-0.1, -0.05) is 0 Å². The average Bonchev–Trinajstić information content (AvgIpc) is 2.17. The minimum atomic E-state index is -1.71. The smallest absolute Gasteiger partial charge is 0.242 e. The van der Waals surface area contributed by atoms with Gasteiger partial charge >= 0.3 is 0 Å². The lowest BCUT2D eigenvalue weighted by Gasteiger charge is -2.27. The second-order valence-corrected chi connectivity index (χ2v) is 15.6. The van der Waals surface area contributed by atoms with Crippen molar-refractivity contribution in [3.05, 3.63) is 17.7 Å². The molecule has 0 heterocycles. The highest BCUT2D eigenvalue weighted by Gasteiger charge is 2.25. The second kappa shape index (κ2) is 5.58. The van der Waals surface area contributed by atoms with Crippen molar-refractivity contribution in [2.45, 2.75) is 46.2 Å². The fraction of sp³-hybridized carbons (Fsp3) is 0.571. The molecule has 0 saturated heterocycles. The summed E-state index contributed by atoms with van der Waals surface area (Å²) in [7, 11) is -1.73. The van der Waals surface area contributed by atoms with Crippen LogP contribution in [-0.4, -0.2) is 23.7 Å². The maximum Gasteiger partial charge on any atom is 0.242 e. The predicted molar refractivity (Wildman–Crippen MR) is 85.7 cm³/mol. The Labute approximate surface area is 119 Å². The second-order valence-electron chi connectivity index (χ2n) is 6.72. The summed E-state index contributed by atoms with van der Waals surface area (Å²) in [5.74, 6) is 2.34. The zero-order chi connectivity index (χ0) is 14.8. The molecule has 0 aromatic heterocycles. The minimum absolute atomic E-state index is 0.759. The highest BCUT2D eigenvalue weighted by molar-refractivity contribution is 6.71. The number of methoxy groups -OCH3 is 1. The number of aryl methyl sites for hydroxylation is 1. The first-order valence-corrected chi connectivity index (χ1v) is 13.4. The molecule has 0 bridgehead atoms. The highest BCUT2D eigenvalue weighted by atomic mass is 28.4. The molecule has 0 spiro atoms. The number of rotatable bonds is 5. The van der Waals surface area contributed by atoms with Gasteiger partial charge in [0.1, 0.15) is 5.75 Å². The number of hydrogen-bond donors (Lipinski definition) is 0. The van der Waals surface area contributed by atoms with E-state index >= 15 is 0 Å². The van der Waals surface area contributed by atoms with Gasteiger partial charge in [0.15, 0.2) is 11.5 Å². The Morgan fingerprint density at radius 3 is 1.68 bits per heavy atom. The molecule has 1 aromatic rings. The van der Waals surface area contributed by atoms with Crippen LogP contribution >= 0.6 is 0 Å². The average molecular weight is 299 g/mol. The number of ether oxygens (including phenoxy) is 1. The van der Waals surface area contributed by atoms with Crippen molar-refractivity contribution in [3.63, 3.8) is 0 Å². The molecule has 5 heteroatoms. The quantitative estimate of drug-likeness (QED) is 0.753. The van der Waals surface area contributed by atoms with Gasteiger partial charge in [0.05, 0.1) is 7.11 Å². The van der Waals surface area contributed by atoms with Crippen LogP contribution in [0.4, 0.5) is 0 Å². The van der Waals surface area contributed by atoms with Crippen LogP contribution in [0.5, 0.6) is 17.2 Å². The fourth-order valence-electron chi connectivity index (χ4n) is 1.67. The van der Waals surface area contributed by atoms with E-state index in [4.69, 9.17) is 13.6 Å². The van der Waals surface area contributed by atoms with Crippen molar-refractivity contribution in [1.82, 2.24) is 0 Å². The van der Waals surface area contributed by atoms with Crippen molar-refractivity contribution in [3.8, 4) is 17.2 Å². The van der Waals surface area contributed by atoms with Gasteiger partial charge in [0.25, 0.3) is 0 Å². The summed E-state index contributed by atoms with van der Waals surface area (Å²) in [5.41, 5.74) is 1.12. The summed E-state index contributed by atoms with van der Waals surface area (Å²) in [6.07, 6.45) is 0. The Morgan fingerprint density at radius 2 is 1.26 bits per heavy atom. The molecule has 0 N–H and O–H groups in total. The molecular formula is C14H26O3Si2. The zero-order valence-electron chi connectivity index (χ0n) is 13.4. The highest BCUT2D eigenvalue weighted by Crippen LogP contribution is 2.41. The molecular weight excluding hydrogens is 272 g/mol. The topological polar surface area (TPSA) is 27.7 Å². The monoisotopic (exact) mass is 298 g/mol. The van der Waals surface area contributed by atoms with Gasteiger partial charge < -0.3 is 13.6 Å². The van der Waals surface area contributed by atoms with Gasteiger partial charge in [-0.05, 0) is 63.9 Å². The minimum Gasteiger partial charge on any atom is -0.542 e. The summed E-state index contributed by atoms with van der Waals surface area (Å²) < 4.78 is 17.8. The summed E-state index contributed by atoms with van der Waals surface area (Å²) in [5, 5.41) is 0. The normalized spacial score (nSPS) is 12.2. The first kappa shape index (κ1) is 16.1. The molecule has 108 valence electrons. The third kappa shape index (κ3) is 5.28. The van der Waals surface area contributed by atoms with E-state index < -0.39 is 16.6 Å². The molecule has 0 aliphatic rings. The van der Waals surface area contributed by atoms with Crippen LogP contribution in [0, 0.1) is 6.92 Å². The first-order valence-electron chi connectivity index (χ1n) is 6.58. The lowest BCUT2D eigenvalue weighted by Crippen LogP contribution is -2.32. The molecule has 0 fully saturated rings. The van der Waals surface area contributed by atoms with E-state index in [1.807, 2.05) is 19.1 Å². The Kier molecular flexibility index (Phi) is 4.73. The van der Waals surface area contributed by atoms with Gasteiger partial charge in [-0.25, -0.2) is 0 Å².